The highest BCUT2D eigenvalue weighted by Gasteiger charge is 2.20. The number of rotatable bonds is 2. The van der Waals surface area contributed by atoms with Gasteiger partial charge in [-0.3, -0.25) is 4.40 Å². The maximum atomic E-state index is 11.3. The normalized spacial score (nSPS) is 10.2. The number of carboxylic acid groups (broad SMARTS) is 1. The Morgan fingerprint density at radius 1 is 1.28 bits per heavy atom. The van der Waals surface area contributed by atoms with E-state index in [4.69, 9.17) is 0 Å². The van der Waals surface area contributed by atoms with E-state index in [9.17, 15) is 9.90 Å². The van der Waals surface area contributed by atoms with Gasteiger partial charge < -0.3 is 5.11 Å². The van der Waals surface area contributed by atoms with Crippen molar-refractivity contribution in [3.8, 4) is 11.3 Å². The van der Waals surface area contributed by atoms with Crippen LogP contribution in [0.2, 0.25) is 0 Å². The van der Waals surface area contributed by atoms with Crippen molar-refractivity contribution in [2.24, 2.45) is 0 Å². The van der Waals surface area contributed by atoms with Gasteiger partial charge in [-0.25, -0.2) is 9.78 Å². The van der Waals surface area contributed by atoms with Crippen molar-refractivity contribution in [3.63, 3.8) is 0 Å². The van der Waals surface area contributed by atoms with E-state index in [0.29, 0.717) is 10.7 Å². The zero-order valence-corrected chi connectivity index (χ0v) is 9.52. The molecule has 2 heterocycles. The van der Waals surface area contributed by atoms with Crippen molar-refractivity contribution >= 4 is 22.3 Å². The third-order valence-electron chi connectivity index (χ3n) is 2.51. The van der Waals surface area contributed by atoms with Crippen molar-refractivity contribution in [1.29, 1.82) is 0 Å². The average Bonchev–Trinajstić information content (AvgIpc) is 2.88. The lowest BCUT2D eigenvalue weighted by Crippen LogP contribution is -2.02. The largest absolute Gasteiger partial charge is 0.476 e. The standard InChI is InChI=1S/C12H8N2O2S.CH4/c15-11(16)10-9(8-4-2-1-3-5-8)13-12-14(10)6-7-17-12;/h1-7H,(H,15,16);1H4. The van der Waals surface area contributed by atoms with E-state index >= 15 is 0 Å². The molecule has 0 atom stereocenters. The van der Waals surface area contributed by atoms with Crippen LogP contribution in [0, 0.1) is 0 Å². The first-order chi connectivity index (χ1) is 8.27. The molecule has 0 aliphatic carbocycles. The maximum absolute atomic E-state index is 11.3. The van der Waals surface area contributed by atoms with Crippen molar-refractivity contribution in [1.82, 2.24) is 9.38 Å². The predicted octanol–water partition coefficient (Wildman–Crippen LogP) is 3.40. The fourth-order valence-corrected chi connectivity index (χ4v) is 2.50. The molecule has 0 amide bonds. The van der Waals surface area contributed by atoms with Crippen LogP contribution in [-0.2, 0) is 0 Å². The monoisotopic (exact) mass is 260 g/mol. The molecule has 3 rings (SSSR count). The number of benzene rings is 1. The molecule has 0 saturated heterocycles. The second kappa shape index (κ2) is 4.62. The van der Waals surface area contributed by atoms with Gasteiger partial charge in [0.25, 0.3) is 0 Å². The van der Waals surface area contributed by atoms with Gasteiger partial charge in [-0.1, -0.05) is 37.8 Å². The minimum absolute atomic E-state index is 0. The number of hydrogen-bond donors (Lipinski definition) is 1. The number of hydrogen-bond acceptors (Lipinski definition) is 3. The first-order valence-corrected chi connectivity index (χ1v) is 5.89. The second-order valence-corrected chi connectivity index (χ2v) is 4.41. The summed E-state index contributed by atoms with van der Waals surface area (Å²) >= 11 is 1.42. The minimum atomic E-state index is -0.963. The Morgan fingerprint density at radius 2 is 2.00 bits per heavy atom. The van der Waals surface area contributed by atoms with Crippen LogP contribution in [0.3, 0.4) is 0 Å². The van der Waals surface area contributed by atoms with Crippen molar-refractivity contribution in [3.05, 3.63) is 47.6 Å². The van der Waals surface area contributed by atoms with Crippen LogP contribution in [-0.4, -0.2) is 20.5 Å². The Morgan fingerprint density at radius 3 is 2.67 bits per heavy atom. The average molecular weight is 260 g/mol. The lowest BCUT2D eigenvalue weighted by atomic mass is 10.1. The van der Waals surface area contributed by atoms with Gasteiger partial charge in [0.15, 0.2) is 10.7 Å². The number of imidazole rings is 1. The number of carboxylic acids is 1. The number of nitrogens with zero attached hydrogens (tertiary/aromatic N) is 2. The Labute approximate surface area is 108 Å². The molecule has 0 radical (unpaired) electrons. The zero-order valence-electron chi connectivity index (χ0n) is 8.70. The van der Waals surface area contributed by atoms with Gasteiger partial charge in [0.05, 0.1) is 0 Å². The maximum Gasteiger partial charge on any atom is 0.355 e. The summed E-state index contributed by atoms with van der Waals surface area (Å²) in [5, 5.41) is 11.1. The highest BCUT2D eigenvalue weighted by atomic mass is 32.1. The van der Waals surface area contributed by atoms with Gasteiger partial charge in [0, 0.05) is 17.1 Å². The van der Waals surface area contributed by atoms with E-state index in [1.54, 1.807) is 10.6 Å². The molecule has 0 bridgehead atoms. The lowest BCUT2D eigenvalue weighted by Gasteiger charge is -1.98. The van der Waals surface area contributed by atoms with Gasteiger partial charge in [0.1, 0.15) is 5.69 Å². The molecule has 0 aliphatic heterocycles. The predicted molar refractivity (Wildman–Crippen MR) is 72.2 cm³/mol. The van der Waals surface area contributed by atoms with Crippen LogP contribution in [0.15, 0.2) is 41.9 Å². The molecule has 92 valence electrons. The van der Waals surface area contributed by atoms with Crippen molar-refractivity contribution in [2.75, 3.05) is 0 Å². The van der Waals surface area contributed by atoms with E-state index in [2.05, 4.69) is 4.98 Å². The number of carbonyl (C=O) groups is 1. The van der Waals surface area contributed by atoms with Gasteiger partial charge >= 0.3 is 5.97 Å². The van der Waals surface area contributed by atoms with Gasteiger partial charge in [-0.15, -0.1) is 11.3 Å². The summed E-state index contributed by atoms with van der Waals surface area (Å²) in [6, 6.07) is 9.35. The van der Waals surface area contributed by atoms with E-state index < -0.39 is 5.97 Å². The quantitative estimate of drug-likeness (QED) is 0.768. The summed E-state index contributed by atoms with van der Waals surface area (Å²) < 4.78 is 1.61. The SMILES string of the molecule is C.O=C(O)c1c(-c2ccccc2)nc2sccn12. The van der Waals surface area contributed by atoms with Crippen molar-refractivity contribution < 1.29 is 9.90 Å². The van der Waals surface area contributed by atoms with Crippen LogP contribution in [0.1, 0.15) is 17.9 Å². The zero-order chi connectivity index (χ0) is 11.8. The van der Waals surface area contributed by atoms with E-state index in [0.717, 1.165) is 5.56 Å². The molecule has 2 aromatic heterocycles. The van der Waals surface area contributed by atoms with Crippen LogP contribution in [0.5, 0.6) is 0 Å². The highest BCUT2D eigenvalue weighted by molar-refractivity contribution is 7.15. The number of aromatic nitrogens is 2. The lowest BCUT2D eigenvalue weighted by molar-refractivity contribution is 0.0690. The van der Waals surface area contributed by atoms with E-state index in [-0.39, 0.29) is 13.1 Å². The Balaban J connectivity index is 0.00000120. The minimum Gasteiger partial charge on any atom is -0.476 e. The summed E-state index contributed by atoms with van der Waals surface area (Å²) in [6.45, 7) is 0. The fraction of sp³-hybridized carbons (Fsp3) is 0.0769. The molecule has 3 aromatic rings. The molecular weight excluding hydrogens is 248 g/mol. The highest BCUT2D eigenvalue weighted by Crippen LogP contribution is 2.26. The van der Waals surface area contributed by atoms with Crippen LogP contribution < -0.4 is 0 Å². The van der Waals surface area contributed by atoms with E-state index in [1.165, 1.54) is 11.3 Å². The molecule has 5 heteroatoms. The van der Waals surface area contributed by atoms with Crippen LogP contribution >= 0.6 is 11.3 Å². The topological polar surface area (TPSA) is 54.6 Å². The number of fused-ring (bicyclic) bond motifs is 1. The number of aromatic carboxylic acids is 1. The van der Waals surface area contributed by atoms with Crippen molar-refractivity contribution in [2.45, 2.75) is 7.43 Å². The summed E-state index contributed by atoms with van der Waals surface area (Å²) in [4.78, 5) is 16.4. The van der Waals surface area contributed by atoms with Gasteiger partial charge in [-0.05, 0) is 0 Å². The first-order valence-electron chi connectivity index (χ1n) is 5.01. The molecule has 18 heavy (non-hydrogen) atoms. The van der Waals surface area contributed by atoms with Crippen LogP contribution in [0.4, 0.5) is 0 Å². The van der Waals surface area contributed by atoms with Gasteiger partial charge in [-0.2, -0.15) is 0 Å². The summed E-state index contributed by atoms with van der Waals surface area (Å²) in [6.07, 6.45) is 1.73. The third-order valence-corrected chi connectivity index (χ3v) is 3.27. The molecule has 0 aliphatic rings. The molecule has 0 spiro atoms. The van der Waals surface area contributed by atoms with Crippen LogP contribution in [0.25, 0.3) is 16.2 Å². The Kier molecular flexibility index (Phi) is 3.16. The molecule has 0 saturated carbocycles. The molecule has 0 fully saturated rings. The summed E-state index contributed by atoms with van der Waals surface area (Å²) in [7, 11) is 0. The first kappa shape index (κ1) is 12.3. The molecule has 0 unspecified atom stereocenters. The van der Waals surface area contributed by atoms with E-state index in [1.807, 2.05) is 35.7 Å². The smallest absolute Gasteiger partial charge is 0.355 e. The molecular formula is C13H12N2O2S. The summed E-state index contributed by atoms with van der Waals surface area (Å²) in [5.74, 6) is -0.963. The summed E-state index contributed by atoms with van der Waals surface area (Å²) in [5.41, 5.74) is 1.55. The number of thiazole rings is 1. The van der Waals surface area contributed by atoms with Gasteiger partial charge in [0.2, 0.25) is 0 Å². The second-order valence-electron chi connectivity index (χ2n) is 3.54. The Bertz CT molecular complexity index is 685. The third kappa shape index (κ3) is 1.78. The molecule has 1 aromatic carbocycles. The molecule has 1 N–H and O–H groups in total. The fourth-order valence-electron chi connectivity index (χ4n) is 1.79. The molecule has 4 nitrogen and oxygen atoms in total. The Hall–Kier alpha value is -2.14.